The van der Waals surface area contributed by atoms with Gasteiger partial charge in [-0.1, -0.05) is 55.6 Å². The molecular weight excluding hydrogens is 829 g/mol. The van der Waals surface area contributed by atoms with Crippen LogP contribution in [0.2, 0.25) is 0 Å². The number of aromatic nitrogens is 3. The molecule has 15 nitrogen and oxygen atoms in total. The number of carbonyl (C=O) groups excluding carboxylic acids is 5. The Balaban J connectivity index is 0.683. The largest absolute Gasteiger partial charge is 0.355 e. The SMILES string of the molecule is CC1(N)CCN(c2cnc(Sc3cccc(NC(=O)CCCCCCCCN4CCc5cc(C(=O)NCc6ccc7c(c6)CN(C6CCC(=O)NC6=O)C7=O)cnc5C4)c3)cn2)CC1. The quantitative estimate of drug-likeness (QED) is 0.0741. The Morgan fingerprint density at radius 1 is 0.875 bits per heavy atom. The van der Waals surface area contributed by atoms with Crippen LogP contribution in [0.3, 0.4) is 0 Å². The first kappa shape index (κ1) is 44.9. The Morgan fingerprint density at radius 2 is 1.69 bits per heavy atom. The summed E-state index contributed by atoms with van der Waals surface area (Å²) in [5.41, 5.74) is 11.8. The van der Waals surface area contributed by atoms with Gasteiger partial charge >= 0.3 is 0 Å². The standard InChI is InChI=1S/C48H58N10O5S/c1-48(49)17-21-57(22-18-48)41-28-52-44(29-51-41)64-37-10-8-9-36(25-37)54-42(59)11-6-4-2-3-5-7-19-56-20-16-33-24-34(27-50-39(33)31-56)45(61)53-26-32-12-13-38-35(23-32)30-58(47(38)63)40-14-15-43(60)55-46(40)62/h8-10,12-13,23-25,27-29,40H,2-7,11,14-22,26,30-31,49H2,1H3,(H,53,61)(H,54,59)(H,55,60,62). The second-order valence-electron chi connectivity index (χ2n) is 17.8. The number of pyridine rings is 1. The first-order chi connectivity index (χ1) is 31.0. The molecule has 2 aromatic carbocycles. The smallest absolute Gasteiger partial charge is 0.255 e. The maximum atomic E-state index is 13.1. The van der Waals surface area contributed by atoms with Crippen molar-refractivity contribution in [2.45, 2.75) is 125 Å². The molecule has 5 N–H and O–H groups in total. The lowest BCUT2D eigenvalue weighted by molar-refractivity contribution is -0.137. The molecule has 4 aromatic rings. The van der Waals surface area contributed by atoms with E-state index >= 15 is 0 Å². The number of nitrogens with one attached hydrogen (secondary N) is 3. The maximum Gasteiger partial charge on any atom is 0.255 e. The van der Waals surface area contributed by atoms with Crippen molar-refractivity contribution in [2.24, 2.45) is 5.73 Å². The third-order valence-electron chi connectivity index (χ3n) is 12.7. The van der Waals surface area contributed by atoms with E-state index in [9.17, 15) is 24.0 Å². The molecule has 16 heteroatoms. The van der Waals surface area contributed by atoms with Gasteiger partial charge in [0.25, 0.3) is 11.8 Å². The average molecular weight is 887 g/mol. The molecule has 2 saturated heterocycles. The van der Waals surface area contributed by atoms with E-state index in [0.717, 1.165) is 134 Å². The normalized spacial score (nSPS) is 18.3. The van der Waals surface area contributed by atoms with E-state index in [1.807, 2.05) is 54.9 Å². The number of fused-ring (bicyclic) bond motifs is 2. The van der Waals surface area contributed by atoms with Crippen molar-refractivity contribution in [3.63, 3.8) is 0 Å². The van der Waals surface area contributed by atoms with Gasteiger partial charge in [0.05, 0.1) is 23.7 Å². The Kier molecular flexibility index (Phi) is 14.3. The molecule has 5 amide bonds. The van der Waals surface area contributed by atoms with Crippen LogP contribution in [-0.2, 0) is 40.4 Å². The second kappa shape index (κ2) is 20.4. The number of imide groups is 1. The van der Waals surface area contributed by atoms with Crippen LogP contribution in [0.4, 0.5) is 11.5 Å². The minimum atomic E-state index is -0.663. The van der Waals surface area contributed by atoms with Gasteiger partial charge in [0.15, 0.2) is 0 Å². The van der Waals surface area contributed by atoms with E-state index < -0.39 is 11.9 Å². The Morgan fingerprint density at radius 3 is 2.48 bits per heavy atom. The number of amides is 5. The third-order valence-corrected chi connectivity index (χ3v) is 13.7. The third kappa shape index (κ3) is 11.5. The molecule has 4 aliphatic heterocycles. The van der Waals surface area contributed by atoms with Crippen LogP contribution in [0.5, 0.6) is 0 Å². The van der Waals surface area contributed by atoms with Crippen molar-refractivity contribution >= 4 is 52.8 Å². The summed E-state index contributed by atoms with van der Waals surface area (Å²) >= 11 is 1.53. The molecule has 0 bridgehead atoms. The molecule has 0 aliphatic carbocycles. The van der Waals surface area contributed by atoms with Crippen molar-refractivity contribution in [1.29, 1.82) is 0 Å². The molecular formula is C48H58N10O5S. The number of piperidine rings is 2. The molecule has 0 spiro atoms. The minimum Gasteiger partial charge on any atom is -0.355 e. The predicted octanol–water partition coefficient (Wildman–Crippen LogP) is 5.76. The van der Waals surface area contributed by atoms with E-state index in [0.29, 0.717) is 24.0 Å². The second-order valence-corrected chi connectivity index (χ2v) is 18.9. The molecule has 1 unspecified atom stereocenters. The maximum absolute atomic E-state index is 13.1. The van der Waals surface area contributed by atoms with Crippen LogP contribution >= 0.6 is 11.8 Å². The molecule has 2 aromatic heterocycles. The van der Waals surface area contributed by atoms with Crippen LogP contribution in [-0.4, -0.2) is 92.0 Å². The number of hydrogen-bond donors (Lipinski definition) is 4. The highest BCUT2D eigenvalue weighted by Crippen LogP contribution is 2.31. The van der Waals surface area contributed by atoms with E-state index in [2.05, 4.69) is 47.6 Å². The highest BCUT2D eigenvalue weighted by atomic mass is 32.2. The van der Waals surface area contributed by atoms with E-state index in [1.54, 1.807) is 12.3 Å². The lowest BCUT2D eigenvalue weighted by atomic mass is 9.91. The molecule has 6 heterocycles. The van der Waals surface area contributed by atoms with Gasteiger partial charge in [-0.2, -0.15) is 0 Å². The zero-order chi connectivity index (χ0) is 44.6. The highest BCUT2D eigenvalue weighted by molar-refractivity contribution is 7.99. The van der Waals surface area contributed by atoms with Crippen LogP contribution in [0, 0.1) is 0 Å². The number of nitrogens with two attached hydrogens (primary N) is 1. The fourth-order valence-electron chi connectivity index (χ4n) is 8.89. The Bertz CT molecular complexity index is 2370. The van der Waals surface area contributed by atoms with Gasteiger partial charge in [0.1, 0.15) is 16.9 Å². The van der Waals surface area contributed by atoms with E-state index in [-0.39, 0.29) is 48.7 Å². The van der Waals surface area contributed by atoms with Gasteiger partial charge < -0.3 is 26.2 Å². The summed E-state index contributed by atoms with van der Waals surface area (Å²) in [5.74, 6) is -0.267. The highest BCUT2D eigenvalue weighted by Gasteiger charge is 2.39. The summed E-state index contributed by atoms with van der Waals surface area (Å²) < 4.78 is 0. The first-order valence-electron chi connectivity index (χ1n) is 22.6. The first-order valence-corrected chi connectivity index (χ1v) is 23.5. The molecule has 1 atom stereocenters. The fourth-order valence-corrected chi connectivity index (χ4v) is 9.67. The molecule has 8 rings (SSSR count). The van der Waals surface area contributed by atoms with Gasteiger partial charge in [-0.25, -0.2) is 9.97 Å². The average Bonchev–Trinajstić information content (AvgIpc) is 3.61. The summed E-state index contributed by atoms with van der Waals surface area (Å²) in [5, 5.41) is 9.18. The molecule has 64 heavy (non-hydrogen) atoms. The number of hydrogen-bond acceptors (Lipinski definition) is 12. The van der Waals surface area contributed by atoms with E-state index in [1.165, 1.54) is 16.7 Å². The zero-order valence-corrected chi connectivity index (χ0v) is 37.4. The van der Waals surface area contributed by atoms with Crippen molar-refractivity contribution in [3.8, 4) is 0 Å². The summed E-state index contributed by atoms with van der Waals surface area (Å²) in [6.45, 7) is 7.15. The van der Waals surface area contributed by atoms with Crippen molar-refractivity contribution in [2.75, 3.05) is 36.4 Å². The Labute approximate surface area is 378 Å². The monoisotopic (exact) mass is 886 g/mol. The zero-order valence-electron chi connectivity index (χ0n) is 36.6. The Hall–Kier alpha value is -5.71. The number of rotatable bonds is 17. The number of benzene rings is 2. The van der Waals surface area contributed by atoms with Gasteiger partial charge in [0, 0.05) is 80.0 Å². The number of anilines is 2. The summed E-state index contributed by atoms with van der Waals surface area (Å²) in [4.78, 5) is 84.0. The number of unbranched alkanes of at least 4 members (excludes halogenated alkanes) is 5. The van der Waals surface area contributed by atoms with Gasteiger partial charge in [0.2, 0.25) is 17.7 Å². The molecule has 0 saturated carbocycles. The number of nitrogens with zero attached hydrogens (tertiary/aromatic N) is 6. The lowest BCUT2D eigenvalue weighted by Crippen LogP contribution is -2.52. The van der Waals surface area contributed by atoms with Crippen LogP contribution in [0.15, 0.2) is 77.0 Å². The summed E-state index contributed by atoms with van der Waals surface area (Å²) in [6.07, 6.45) is 15.4. The van der Waals surface area contributed by atoms with Crippen LogP contribution in [0.1, 0.15) is 121 Å². The fraction of sp³-hybridized carbons (Fsp3) is 0.458. The van der Waals surface area contributed by atoms with Crippen molar-refractivity contribution in [1.82, 2.24) is 35.4 Å². The van der Waals surface area contributed by atoms with E-state index in [4.69, 9.17) is 5.73 Å². The molecule has 2 fully saturated rings. The number of carbonyl (C=O) groups is 5. The summed E-state index contributed by atoms with van der Waals surface area (Å²) in [7, 11) is 0. The molecule has 336 valence electrons. The molecule has 0 radical (unpaired) electrons. The minimum absolute atomic E-state index is 0.0329. The van der Waals surface area contributed by atoms with Gasteiger partial charge in [-0.3, -0.25) is 39.2 Å². The molecule has 4 aliphatic rings. The van der Waals surface area contributed by atoms with Gasteiger partial charge in [-0.05, 0) is 99.0 Å². The van der Waals surface area contributed by atoms with Gasteiger partial charge in [-0.15, -0.1) is 0 Å². The summed E-state index contributed by atoms with van der Waals surface area (Å²) in [6, 6.07) is 14.6. The van der Waals surface area contributed by atoms with Crippen molar-refractivity contribution in [3.05, 3.63) is 101 Å². The topological polar surface area (TPSA) is 196 Å². The van der Waals surface area contributed by atoms with Crippen molar-refractivity contribution < 1.29 is 24.0 Å². The van der Waals surface area contributed by atoms with Crippen LogP contribution < -0.4 is 26.6 Å². The van der Waals surface area contributed by atoms with Crippen LogP contribution in [0.25, 0.3) is 0 Å². The predicted molar refractivity (Wildman–Crippen MR) is 244 cm³/mol. The lowest BCUT2D eigenvalue weighted by Gasteiger charge is -2.37.